The predicted octanol–water partition coefficient (Wildman–Crippen LogP) is 7.20. The van der Waals surface area contributed by atoms with Gasteiger partial charge in [-0.1, -0.05) is 99.3 Å². The molecule has 0 atom stereocenters. The van der Waals surface area contributed by atoms with Crippen molar-refractivity contribution in [1.29, 1.82) is 0 Å². The SMILES string of the molecule is CCc1ccc(-c2cnc(NC(=O)Cc3ccc(OCc4ccccc4)cc3)c(CC3CCCC3)n2)cc1. The third-order valence-electron chi connectivity index (χ3n) is 7.25. The number of hydrogen-bond acceptors (Lipinski definition) is 4. The van der Waals surface area contributed by atoms with Crippen LogP contribution in [-0.2, 0) is 30.7 Å². The van der Waals surface area contributed by atoms with E-state index in [0.717, 1.165) is 46.7 Å². The highest BCUT2D eigenvalue weighted by atomic mass is 16.5. The molecule has 0 aliphatic heterocycles. The van der Waals surface area contributed by atoms with Crippen molar-refractivity contribution in [3.63, 3.8) is 0 Å². The summed E-state index contributed by atoms with van der Waals surface area (Å²) in [5.41, 5.74) is 6.13. The fraction of sp³-hybridized carbons (Fsp3) is 0.303. The minimum absolute atomic E-state index is 0.0926. The summed E-state index contributed by atoms with van der Waals surface area (Å²) < 4.78 is 5.87. The summed E-state index contributed by atoms with van der Waals surface area (Å²) in [4.78, 5) is 22.6. The molecule has 1 saturated carbocycles. The molecule has 1 fully saturated rings. The van der Waals surface area contributed by atoms with Gasteiger partial charge in [-0.2, -0.15) is 0 Å². The van der Waals surface area contributed by atoms with Gasteiger partial charge in [0.25, 0.3) is 0 Å². The van der Waals surface area contributed by atoms with Crippen molar-refractivity contribution in [2.45, 2.75) is 58.5 Å². The number of amides is 1. The van der Waals surface area contributed by atoms with E-state index in [0.29, 0.717) is 18.3 Å². The normalized spacial score (nSPS) is 13.4. The van der Waals surface area contributed by atoms with Gasteiger partial charge in [-0.3, -0.25) is 4.79 Å². The number of aromatic nitrogens is 2. The molecule has 5 nitrogen and oxygen atoms in total. The lowest BCUT2D eigenvalue weighted by atomic mass is 10.0. The van der Waals surface area contributed by atoms with Crippen molar-refractivity contribution in [1.82, 2.24) is 9.97 Å². The van der Waals surface area contributed by atoms with E-state index in [9.17, 15) is 4.79 Å². The summed E-state index contributed by atoms with van der Waals surface area (Å²) in [5, 5.41) is 3.05. The number of ether oxygens (including phenoxy) is 1. The van der Waals surface area contributed by atoms with Gasteiger partial charge in [0, 0.05) is 5.56 Å². The van der Waals surface area contributed by atoms with Gasteiger partial charge in [-0.25, -0.2) is 9.97 Å². The van der Waals surface area contributed by atoms with Crippen LogP contribution in [0.2, 0.25) is 0 Å². The van der Waals surface area contributed by atoms with Crippen LogP contribution in [-0.4, -0.2) is 15.9 Å². The molecule has 1 amide bonds. The zero-order valence-electron chi connectivity index (χ0n) is 22.0. The molecule has 0 bridgehead atoms. The van der Waals surface area contributed by atoms with Crippen molar-refractivity contribution in [2.75, 3.05) is 5.32 Å². The Morgan fingerprint density at radius 1 is 0.895 bits per heavy atom. The maximum atomic E-state index is 13.0. The number of carbonyl (C=O) groups excluding carboxylic acids is 1. The molecule has 0 saturated heterocycles. The first-order chi connectivity index (χ1) is 18.7. The van der Waals surface area contributed by atoms with E-state index in [4.69, 9.17) is 9.72 Å². The molecule has 0 spiro atoms. The van der Waals surface area contributed by atoms with E-state index in [-0.39, 0.29) is 12.3 Å². The molecule has 1 heterocycles. The largest absolute Gasteiger partial charge is 0.489 e. The Morgan fingerprint density at radius 2 is 1.61 bits per heavy atom. The van der Waals surface area contributed by atoms with Crippen LogP contribution in [0.4, 0.5) is 5.82 Å². The minimum atomic E-state index is -0.0926. The standard InChI is InChI=1S/C33H35N3O2/c1-2-24-12-16-28(17-13-24)31-22-34-33(30(35-31)20-25-8-6-7-9-25)36-32(37)21-26-14-18-29(19-15-26)38-23-27-10-4-3-5-11-27/h3-5,10-19,22,25H,2,6-9,20-21,23H2,1H3,(H,34,36,37). The van der Waals surface area contributed by atoms with E-state index in [1.54, 1.807) is 6.20 Å². The second kappa shape index (κ2) is 12.5. The summed E-state index contributed by atoms with van der Waals surface area (Å²) in [7, 11) is 0. The quantitative estimate of drug-likeness (QED) is 0.248. The Labute approximate surface area is 225 Å². The smallest absolute Gasteiger partial charge is 0.229 e. The fourth-order valence-corrected chi connectivity index (χ4v) is 5.02. The molecule has 1 N–H and O–H groups in total. The third kappa shape index (κ3) is 6.86. The first kappa shape index (κ1) is 25.7. The van der Waals surface area contributed by atoms with Gasteiger partial charge in [0.1, 0.15) is 12.4 Å². The maximum Gasteiger partial charge on any atom is 0.229 e. The highest BCUT2D eigenvalue weighted by Crippen LogP contribution is 2.30. The Bertz CT molecular complexity index is 1330. The Kier molecular flexibility index (Phi) is 8.44. The molecule has 5 rings (SSSR count). The lowest BCUT2D eigenvalue weighted by molar-refractivity contribution is -0.115. The topological polar surface area (TPSA) is 64.1 Å². The molecule has 194 valence electrons. The average molecular weight is 506 g/mol. The number of nitrogens with zero attached hydrogens (tertiary/aromatic N) is 2. The fourth-order valence-electron chi connectivity index (χ4n) is 5.02. The first-order valence-corrected chi connectivity index (χ1v) is 13.7. The highest BCUT2D eigenvalue weighted by molar-refractivity contribution is 5.92. The lowest BCUT2D eigenvalue weighted by Gasteiger charge is -2.15. The van der Waals surface area contributed by atoms with E-state index in [1.807, 2.05) is 54.6 Å². The molecule has 1 aromatic heterocycles. The number of anilines is 1. The Morgan fingerprint density at radius 3 is 2.32 bits per heavy atom. The number of aryl methyl sites for hydroxylation is 1. The molecule has 4 aromatic rings. The molecule has 3 aromatic carbocycles. The van der Waals surface area contributed by atoms with Gasteiger partial charge in [-0.05, 0) is 47.6 Å². The van der Waals surface area contributed by atoms with Crippen molar-refractivity contribution in [3.05, 3.63) is 107 Å². The second-order valence-corrected chi connectivity index (χ2v) is 10.1. The van der Waals surface area contributed by atoms with Crippen molar-refractivity contribution >= 4 is 11.7 Å². The highest BCUT2D eigenvalue weighted by Gasteiger charge is 2.20. The van der Waals surface area contributed by atoms with Crippen molar-refractivity contribution < 1.29 is 9.53 Å². The van der Waals surface area contributed by atoms with Gasteiger partial charge in [-0.15, -0.1) is 0 Å². The van der Waals surface area contributed by atoms with Crippen molar-refractivity contribution in [3.8, 4) is 17.0 Å². The number of hydrogen-bond donors (Lipinski definition) is 1. The van der Waals surface area contributed by atoms with Gasteiger partial charge in [0.05, 0.1) is 24.0 Å². The number of rotatable bonds is 10. The Hall–Kier alpha value is -3.99. The molecule has 38 heavy (non-hydrogen) atoms. The summed E-state index contributed by atoms with van der Waals surface area (Å²) >= 11 is 0. The number of benzene rings is 3. The van der Waals surface area contributed by atoms with E-state index in [2.05, 4.69) is 41.5 Å². The molecule has 0 unspecified atom stereocenters. The van der Waals surface area contributed by atoms with Crippen LogP contribution in [0.1, 0.15) is 55.0 Å². The molecule has 1 aliphatic rings. The van der Waals surface area contributed by atoms with Crippen LogP contribution in [0, 0.1) is 5.92 Å². The molecule has 5 heteroatoms. The van der Waals surface area contributed by atoms with Crippen LogP contribution >= 0.6 is 0 Å². The van der Waals surface area contributed by atoms with Gasteiger partial charge in [0.15, 0.2) is 5.82 Å². The van der Waals surface area contributed by atoms with Crippen LogP contribution in [0.5, 0.6) is 5.75 Å². The zero-order valence-corrected chi connectivity index (χ0v) is 22.0. The van der Waals surface area contributed by atoms with Crippen LogP contribution < -0.4 is 10.1 Å². The average Bonchev–Trinajstić information content (AvgIpc) is 3.47. The molecule has 0 radical (unpaired) electrons. The van der Waals surface area contributed by atoms with Crippen molar-refractivity contribution in [2.24, 2.45) is 5.92 Å². The summed E-state index contributed by atoms with van der Waals surface area (Å²) in [6.45, 7) is 2.67. The van der Waals surface area contributed by atoms with Gasteiger partial charge < -0.3 is 10.1 Å². The molecular weight excluding hydrogens is 470 g/mol. The monoisotopic (exact) mass is 505 g/mol. The number of carbonyl (C=O) groups is 1. The zero-order chi connectivity index (χ0) is 26.2. The molecular formula is C33H35N3O2. The third-order valence-corrected chi connectivity index (χ3v) is 7.25. The van der Waals surface area contributed by atoms with E-state index >= 15 is 0 Å². The Balaban J connectivity index is 1.25. The summed E-state index contributed by atoms with van der Waals surface area (Å²) in [6.07, 6.45) is 8.85. The predicted molar refractivity (Wildman–Crippen MR) is 152 cm³/mol. The van der Waals surface area contributed by atoms with E-state index in [1.165, 1.54) is 31.2 Å². The van der Waals surface area contributed by atoms with E-state index < -0.39 is 0 Å². The maximum absolute atomic E-state index is 13.0. The van der Waals surface area contributed by atoms with Crippen LogP contribution in [0.15, 0.2) is 85.1 Å². The summed E-state index contributed by atoms with van der Waals surface area (Å²) in [6, 6.07) is 26.3. The van der Waals surface area contributed by atoms with Crippen LogP contribution in [0.3, 0.4) is 0 Å². The van der Waals surface area contributed by atoms with Gasteiger partial charge in [0.2, 0.25) is 5.91 Å². The lowest BCUT2D eigenvalue weighted by Crippen LogP contribution is -2.18. The van der Waals surface area contributed by atoms with Gasteiger partial charge >= 0.3 is 0 Å². The number of nitrogens with one attached hydrogen (secondary N) is 1. The minimum Gasteiger partial charge on any atom is -0.489 e. The summed E-state index contributed by atoms with van der Waals surface area (Å²) in [5.74, 6) is 1.87. The first-order valence-electron chi connectivity index (χ1n) is 13.7. The molecule has 1 aliphatic carbocycles. The second-order valence-electron chi connectivity index (χ2n) is 10.1. The van der Waals surface area contributed by atoms with Crippen LogP contribution in [0.25, 0.3) is 11.3 Å².